The van der Waals surface area contributed by atoms with Crippen LogP contribution in [0, 0.1) is 5.92 Å². The second-order valence-corrected chi connectivity index (χ2v) is 5.35. The number of carbonyl (C=O) groups excluding carboxylic acids is 1. The zero-order chi connectivity index (χ0) is 13.1. The molecule has 1 aliphatic heterocycles. The summed E-state index contributed by atoms with van der Waals surface area (Å²) in [6.07, 6.45) is 5.17. The predicted octanol–water partition coefficient (Wildman–Crippen LogP) is 3.25. The van der Waals surface area contributed by atoms with Gasteiger partial charge in [-0.05, 0) is 37.0 Å². The molecule has 19 heavy (non-hydrogen) atoms. The van der Waals surface area contributed by atoms with E-state index in [0.717, 1.165) is 23.8 Å². The number of ether oxygens (including phenoxy) is 1. The van der Waals surface area contributed by atoms with Crippen molar-refractivity contribution in [1.29, 1.82) is 0 Å². The van der Waals surface area contributed by atoms with Gasteiger partial charge < -0.3 is 10.1 Å². The lowest BCUT2D eigenvalue weighted by Crippen LogP contribution is -2.23. The number of carbonyl (C=O) groups is 1. The van der Waals surface area contributed by atoms with Crippen LogP contribution < -0.4 is 10.2 Å². The normalized spacial score (nSPS) is 19.8. The first-order valence-electron chi connectivity index (χ1n) is 7.11. The summed E-state index contributed by atoms with van der Waals surface area (Å²) in [5.74, 6) is 0.806. The molecule has 1 saturated heterocycles. The minimum atomic E-state index is -0.243. The van der Waals surface area contributed by atoms with Crippen LogP contribution in [0.1, 0.15) is 25.7 Å². The quantitative estimate of drug-likeness (QED) is 0.903. The molecule has 0 unspecified atom stereocenters. The highest BCUT2D eigenvalue weighted by Crippen LogP contribution is 2.26. The fourth-order valence-electron chi connectivity index (χ4n) is 2.89. The minimum absolute atomic E-state index is 0.243. The Labute approximate surface area is 113 Å². The monoisotopic (exact) mass is 260 g/mol. The van der Waals surface area contributed by atoms with E-state index in [4.69, 9.17) is 4.74 Å². The summed E-state index contributed by atoms with van der Waals surface area (Å²) >= 11 is 0. The fraction of sp³-hybridized carbons (Fsp3) is 0.533. The van der Waals surface area contributed by atoms with Gasteiger partial charge in [0.25, 0.3) is 0 Å². The topological polar surface area (TPSA) is 41.6 Å². The van der Waals surface area contributed by atoms with Crippen molar-refractivity contribution in [2.75, 3.05) is 29.9 Å². The van der Waals surface area contributed by atoms with E-state index in [-0.39, 0.29) is 6.09 Å². The highest BCUT2D eigenvalue weighted by atomic mass is 16.6. The molecule has 102 valence electrons. The van der Waals surface area contributed by atoms with E-state index in [1.165, 1.54) is 25.7 Å². The van der Waals surface area contributed by atoms with Gasteiger partial charge >= 0.3 is 6.09 Å². The molecule has 1 amide bonds. The van der Waals surface area contributed by atoms with Crippen LogP contribution in [0.15, 0.2) is 24.3 Å². The van der Waals surface area contributed by atoms with Crippen molar-refractivity contribution >= 4 is 17.5 Å². The van der Waals surface area contributed by atoms with Crippen LogP contribution in [0.2, 0.25) is 0 Å². The number of rotatable bonds is 4. The van der Waals surface area contributed by atoms with E-state index in [1.54, 1.807) is 4.90 Å². The lowest BCUT2D eigenvalue weighted by atomic mass is 10.1. The van der Waals surface area contributed by atoms with Gasteiger partial charge in [0.05, 0.1) is 6.54 Å². The average Bonchev–Trinajstić information content (AvgIpc) is 3.08. The molecule has 1 saturated carbocycles. The Morgan fingerprint density at radius 3 is 2.89 bits per heavy atom. The zero-order valence-corrected chi connectivity index (χ0v) is 11.1. The number of nitrogens with zero attached hydrogens (tertiary/aromatic N) is 1. The van der Waals surface area contributed by atoms with Crippen LogP contribution in [0.3, 0.4) is 0 Å². The first-order valence-corrected chi connectivity index (χ1v) is 7.11. The summed E-state index contributed by atoms with van der Waals surface area (Å²) in [5.41, 5.74) is 2.00. The maximum atomic E-state index is 11.5. The van der Waals surface area contributed by atoms with E-state index < -0.39 is 0 Å². The molecule has 2 fully saturated rings. The number of nitrogens with one attached hydrogen (secondary N) is 1. The highest BCUT2D eigenvalue weighted by molar-refractivity contribution is 5.89. The van der Waals surface area contributed by atoms with Crippen LogP contribution in [0.25, 0.3) is 0 Å². The van der Waals surface area contributed by atoms with Gasteiger partial charge in [-0.15, -0.1) is 0 Å². The maximum Gasteiger partial charge on any atom is 0.414 e. The Morgan fingerprint density at radius 1 is 1.32 bits per heavy atom. The Kier molecular flexibility index (Phi) is 3.58. The van der Waals surface area contributed by atoms with Gasteiger partial charge in [0.15, 0.2) is 0 Å². The Balaban J connectivity index is 1.63. The summed E-state index contributed by atoms with van der Waals surface area (Å²) in [6, 6.07) is 8.02. The standard InChI is InChI=1S/C15H20N2O2/c18-15-17(8-9-19-15)14-7-3-6-13(10-14)16-11-12-4-1-2-5-12/h3,6-7,10,12,16H,1-2,4-5,8-9,11H2. The number of hydrogen-bond acceptors (Lipinski definition) is 3. The number of cyclic esters (lactones) is 1. The second-order valence-electron chi connectivity index (χ2n) is 5.35. The molecule has 0 atom stereocenters. The molecule has 4 heteroatoms. The number of anilines is 2. The van der Waals surface area contributed by atoms with Crippen molar-refractivity contribution in [1.82, 2.24) is 0 Å². The lowest BCUT2D eigenvalue weighted by molar-refractivity contribution is 0.181. The summed E-state index contributed by atoms with van der Waals surface area (Å²) in [5, 5.41) is 3.49. The van der Waals surface area contributed by atoms with Gasteiger partial charge in [-0.25, -0.2) is 4.79 Å². The van der Waals surface area contributed by atoms with Gasteiger partial charge in [0.1, 0.15) is 6.61 Å². The third-order valence-corrected chi connectivity index (χ3v) is 3.99. The predicted molar refractivity (Wildman–Crippen MR) is 75.6 cm³/mol. The molecular weight excluding hydrogens is 240 g/mol. The SMILES string of the molecule is O=C1OCCN1c1cccc(NCC2CCCC2)c1. The van der Waals surface area contributed by atoms with Gasteiger partial charge in [0, 0.05) is 17.9 Å². The molecule has 0 aromatic heterocycles. The van der Waals surface area contributed by atoms with E-state index >= 15 is 0 Å². The summed E-state index contributed by atoms with van der Waals surface area (Å²) in [4.78, 5) is 13.2. The molecule has 1 N–H and O–H groups in total. The number of hydrogen-bond donors (Lipinski definition) is 1. The summed E-state index contributed by atoms with van der Waals surface area (Å²) < 4.78 is 4.97. The largest absolute Gasteiger partial charge is 0.447 e. The zero-order valence-electron chi connectivity index (χ0n) is 11.1. The Morgan fingerprint density at radius 2 is 2.16 bits per heavy atom. The van der Waals surface area contributed by atoms with Crippen LogP contribution in [-0.2, 0) is 4.74 Å². The fourth-order valence-corrected chi connectivity index (χ4v) is 2.89. The van der Waals surface area contributed by atoms with Gasteiger partial charge in [-0.1, -0.05) is 18.9 Å². The molecule has 0 spiro atoms. The maximum absolute atomic E-state index is 11.5. The number of amides is 1. The highest BCUT2D eigenvalue weighted by Gasteiger charge is 2.23. The number of benzene rings is 1. The van der Waals surface area contributed by atoms with Crippen molar-refractivity contribution in [2.24, 2.45) is 5.92 Å². The molecule has 1 aromatic carbocycles. The van der Waals surface area contributed by atoms with E-state index in [2.05, 4.69) is 11.4 Å². The molecule has 3 rings (SSSR count). The second kappa shape index (κ2) is 5.51. The van der Waals surface area contributed by atoms with Crippen molar-refractivity contribution in [3.8, 4) is 0 Å². The first kappa shape index (κ1) is 12.3. The molecule has 1 aliphatic carbocycles. The van der Waals surface area contributed by atoms with Gasteiger partial charge in [-0.3, -0.25) is 4.90 Å². The van der Waals surface area contributed by atoms with Crippen molar-refractivity contribution < 1.29 is 9.53 Å². The first-order chi connectivity index (χ1) is 9.33. The summed E-state index contributed by atoms with van der Waals surface area (Å²) in [6.45, 7) is 2.16. The molecule has 1 heterocycles. The van der Waals surface area contributed by atoms with Crippen molar-refractivity contribution in [3.05, 3.63) is 24.3 Å². The van der Waals surface area contributed by atoms with Gasteiger partial charge in [0.2, 0.25) is 0 Å². The van der Waals surface area contributed by atoms with Crippen molar-refractivity contribution in [2.45, 2.75) is 25.7 Å². The van der Waals surface area contributed by atoms with Crippen LogP contribution in [-0.4, -0.2) is 25.8 Å². The smallest absolute Gasteiger partial charge is 0.414 e. The third kappa shape index (κ3) is 2.83. The molecule has 0 bridgehead atoms. The lowest BCUT2D eigenvalue weighted by Gasteiger charge is -2.16. The van der Waals surface area contributed by atoms with E-state index in [1.807, 2.05) is 18.2 Å². The van der Waals surface area contributed by atoms with Crippen LogP contribution in [0.5, 0.6) is 0 Å². The molecule has 1 aromatic rings. The molecular formula is C15H20N2O2. The third-order valence-electron chi connectivity index (χ3n) is 3.99. The minimum Gasteiger partial charge on any atom is -0.447 e. The Bertz CT molecular complexity index is 455. The van der Waals surface area contributed by atoms with Gasteiger partial charge in [-0.2, -0.15) is 0 Å². The van der Waals surface area contributed by atoms with E-state index in [0.29, 0.717) is 13.2 Å². The van der Waals surface area contributed by atoms with Crippen LogP contribution >= 0.6 is 0 Å². The van der Waals surface area contributed by atoms with E-state index in [9.17, 15) is 4.79 Å². The molecule has 4 nitrogen and oxygen atoms in total. The Hall–Kier alpha value is -1.71. The summed E-state index contributed by atoms with van der Waals surface area (Å²) in [7, 11) is 0. The average molecular weight is 260 g/mol. The molecule has 0 radical (unpaired) electrons. The van der Waals surface area contributed by atoms with Crippen molar-refractivity contribution in [3.63, 3.8) is 0 Å². The van der Waals surface area contributed by atoms with Crippen LogP contribution in [0.4, 0.5) is 16.2 Å². The molecule has 2 aliphatic rings.